The Kier molecular flexibility index (Phi) is 5.54. The van der Waals surface area contributed by atoms with Crippen molar-refractivity contribution in [1.29, 1.82) is 5.26 Å². The van der Waals surface area contributed by atoms with E-state index in [4.69, 9.17) is 10.00 Å². The van der Waals surface area contributed by atoms with Crippen molar-refractivity contribution < 1.29 is 23.1 Å². The fourth-order valence-corrected chi connectivity index (χ4v) is 4.21. The number of halogens is 2. The zero-order valence-corrected chi connectivity index (χ0v) is 17.3. The molecule has 1 atom stereocenters. The molecule has 0 unspecified atom stereocenters. The van der Waals surface area contributed by atoms with Gasteiger partial charge in [0.1, 0.15) is 11.6 Å². The number of hydrogen-bond acceptors (Lipinski definition) is 4. The number of likely N-dealkylation sites (tertiary alicyclic amines) is 1. The minimum atomic E-state index is -3.13. The van der Waals surface area contributed by atoms with Crippen LogP contribution in [0.3, 0.4) is 0 Å². The van der Waals surface area contributed by atoms with E-state index in [9.17, 15) is 18.4 Å². The number of nitrogens with zero attached hydrogens (tertiary/aromatic N) is 2. The van der Waals surface area contributed by atoms with E-state index in [1.165, 1.54) is 0 Å². The average molecular weight is 412 g/mol. The average Bonchev–Trinajstić information content (AvgIpc) is 3.32. The van der Waals surface area contributed by atoms with Gasteiger partial charge in [-0.15, -0.1) is 0 Å². The molecule has 162 valence electrons. The molecule has 0 aromatic rings. The number of hydrogen-bond donors (Lipinski definition) is 2. The topological polar surface area (TPSA) is 94.5 Å². The van der Waals surface area contributed by atoms with Gasteiger partial charge in [0.15, 0.2) is 0 Å². The maximum absolute atomic E-state index is 13.6. The van der Waals surface area contributed by atoms with Crippen LogP contribution in [-0.4, -0.2) is 58.6 Å². The third-order valence-electron chi connectivity index (χ3n) is 6.14. The van der Waals surface area contributed by atoms with E-state index in [2.05, 4.69) is 24.5 Å². The Morgan fingerprint density at radius 2 is 1.79 bits per heavy atom. The highest BCUT2D eigenvalue weighted by atomic mass is 19.3. The molecule has 2 N–H and O–H groups in total. The van der Waals surface area contributed by atoms with Crippen LogP contribution in [-0.2, 0) is 9.53 Å². The molecule has 2 saturated heterocycles. The minimum absolute atomic E-state index is 0.167. The summed E-state index contributed by atoms with van der Waals surface area (Å²) in [7, 11) is 0. The number of amides is 3. The number of alkyl halides is 2. The molecule has 3 aliphatic rings. The van der Waals surface area contributed by atoms with Crippen molar-refractivity contribution in [2.75, 3.05) is 13.1 Å². The number of urea groups is 1. The number of piperidine rings is 1. The quantitative estimate of drug-likeness (QED) is 0.726. The first-order chi connectivity index (χ1) is 13.4. The van der Waals surface area contributed by atoms with Gasteiger partial charge in [0, 0.05) is 19.5 Å². The lowest BCUT2D eigenvalue weighted by Gasteiger charge is -2.40. The Morgan fingerprint density at radius 1 is 1.17 bits per heavy atom. The summed E-state index contributed by atoms with van der Waals surface area (Å²) >= 11 is 0. The van der Waals surface area contributed by atoms with E-state index in [1.807, 2.05) is 6.07 Å². The Hall–Kier alpha value is -1.95. The SMILES string of the molecule is CC(F)(F)C[C@H](NC(=O)N1CCC2(CC1)CCC(C)(C)O2)C(=O)NC1(C#N)CC1. The van der Waals surface area contributed by atoms with Crippen LogP contribution >= 0.6 is 0 Å². The van der Waals surface area contributed by atoms with Crippen LogP contribution < -0.4 is 10.6 Å². The Labute approximate surface area is 170 Å². The van der Waals surface area contributed by atoms with Gasteiger partial charge in [0.25, 0.3) is 0 Å². The van der Waals surface area contributed by atoms with Gasteiger partial charge in [-0.3, -0.25) is 4.79 Å². The van der Waals surface area contributed by atoms with Gasteiger partial charge in [-0.05, 0) is 59.3 Å². The molecule has 7 nitrogen and oxygen atoms in total. The molecule has 3 amide bonds. The Morgan fingerprint density at radius 3 is 2.24 bits per heavy atom. The third kappa shape index (κ3) is 5.35. The zero-order valence-electron chi connectivity index (χ0n) is 17.3. The molecular weight excluding hydrogens is 382 g/mol. The van der Waals surface area contributed by atoms with Crippen molar-refractivity contribution >= 4 is 11.9 Å². The number of carbonyl (C=O) groups excluding carboxylic acids is 2. The van der Waals surface area contributed by atoms with Crippen molar-refractivity contribution in [1.82, 2.24) is 15.5 Å². The van der Waals surface area contributed by atoms with Crippen molar-refractivity contribution in [3.8, 4) is 6.07 Å². The highest BCUT2D eigenvalue weighted by Gasteiger charge is 2.48. The zero-order chi connectivity index (χ0) is 21.5. The molecule has 9 heteroatoms. The molecule has 1 aliphatic carbocycles. The van der Waals surface area contributed by atoms with Crippen molar-refractivity contribution in [2.24, 2.45) is 0 Å². The maximum atomic E-state index is 13.6. The maximum Gasteiger partial charge on any atom is 0.318 e. The van der Waals surface area contributed by atoms with E-state index >= 15 is 0 Å². The summed E-state index contributed by atoms with van der Waals surface area (Å²) in [4.78, 5) is 26.7. The number of carbonyl (C=O) groups is 2. The van der Waals surface area contributed by atoms with Crippen LogP contribution in [0.4, 0.5) is 13.6 Å². The van der Waals surface area contributed by atoms with Crippen LogP contribution in [0.1, 0.15) is 65.7 Å². The van der Waals surface area contributed by atoms with Crippen LogP contribution in [0.15, 0.2) is 0 Å². The van der Waals surface area contributed by atoms with E-state index in [0.717, 1.165) is 12.8 Å². The van der Waals surface area contributed by atoms with Gasteiger partial charge < -0.3 is 20.3 Å². The number of nitriles is 1. The Balaban J connectivity index is 1.58. The lowest BCUT2D eigenvalue weighted by atomic mass is 9.88. The van der Waals surface area contributed by atoms with Gasteiger partial charge in [0.05, 0.1) is 17.3 Å². The third-order valence-corrected chi connectivity index (χ3v) is 6.14. The van der Waals surface area contributed by atoms with Crippen LogP contribution in [0, 0.1) is 11.3 Å². The second kappa shape index (κ2) is 7.38. The molecule has 29 heavy (non-hydrogen) atoms. The second-order valence-corrected chi connectivity index (χ2v) is 9.49. The molecular formula is C20H30F2N4O3. The second-order valence-electron chi connectivity index (χ2n) is 9.49. The van der Waals surface area contributed by atoms with Crippen molar-refractivity contribution in [3.05, 3.63) is 0 Å². The normalized spacial score (nSPS) is 25.2. The summed E-state index contributed by atoms with van der Waals surface area (Å²) in [5, 5.41) is 14.1. The molecule has 3 fully saturated rings. The first kappa shape index (κ1) is 21.8. The lowest BCUT2D eigenvalue weighted by molar-refractivity contribution is -0.126. The van der Waals surface area contributed by atoms with Gasteiger partial charge in [0.2, 0.25) is 11.8 Å². The van der Waals surface area contributed by atoms with E-state index in [1.54, 1.807) is 4.90 Å². The summed E-state index contributed by atoms with van der Waals surface area (Å²) in [6.45, 7) is 5.72. The molecule has 2 heterocycles. The summed E-state index contributed by atoms with van der Waals surface area (Å²) in [5.74, 6) is -3.87. The van der Waals surface area contributed by atoms with Crippen molar-refractivity contribution in [3.63, 3.8) is 0 Å². The highest BCUT2D eigenvalue weighted by molar-refractivity contribution is 5.88. The fourth-order valence-electron chi connectivity index (χ4n) is 4.21. The van der Waals surface area contributed by atoms with E-state index < -0.39 is 35.9 Å². The van der Waals surface area contributed by atoms with Crippen LogP contribution in [0.2, 0.25) is 0 Å². The van der Waals surface area contributed by atoms with Gasteiger partial charge in [-0.25, -0.2) is 13.6 Å². The molecule has 3 rings (SSSR count). The Bertz CT molecular complexity index is 701. The number of ether oxygens (including phenoxy) is 1. The van der Waals surface area contributed by atoms with Crippen molar-refractivity contribution in [2.45, 2.75) is 94.4 Å². The molecule has 2 aliphatic heterocycles. The smallest absolute Gasteiger partial charge is 0.318 e. The lowest BCUT2D eigenvalue weighted by Crippen LogP contribution is -2.57. The number of nitrogens with one attached hydrogen (secondary N) is 2. The minimum Gasteiger partial charge on any atom is -0.369 e. The first-order valence-corrected chi connectivity index (χ1v) is 10.2. The van der Waals surface area contributed by atoms with Gasteiger partial charge in [-0.1, -0.05) is 0 Å². The number of rotatable bonds is 5. The molecule has 0 bridgehead atoms. The van der Waals surface area contributed by atoms with Crippen LogP contribution in [0.5, 0.6) is 0 Å². The molecule has 0 aromatic heterocycles. The fraction of sp³-hybridized carbons (Fsp3) is 0.850. The molecule has 1 spiro atoms. The summed E-state index contributed by atoms with van der Waals surface area (Å²) in [6, 6.07) is 0.0597. The van der Waals surface area contributed by atoms with E-state index in [-0.39, 0.29) is 11.2 Å². The standard InChI is InChI=1S/C20H30F2N4O3/c1-17(2)4-7-20(29-17)8-10-26(11-9-20)16(28)24-14(12-18(3,21)22)15(27)25-19(13-23)5-6-19/h14H,4-12H2,1-3H3,(H,24,28)(H,25,27)/t14-/m0/s1. The summed E-state index contributed by atoms with van der Waals surface area (Å²) in [5.41, 5.74) is -1.37. The first-order valence-electron chi connectivity index (χ1n) is 10.2. The summed E-state index contributed by atoms with van der Waals surface area (Å²) in [6.07, 6.45) is 3.43. The predicted molar refractivity (Wildman–Crippen MR) is 101 cm³/mol. The predicted octanol–water partition coefficient (Wildman–Crippen LogP) is 2.71. The van der Waals surface area contributed by atoms with E-state index in [0.29, 0.717) is 45.7 Å². The molecule has 0 aromatic carbocycles. The van der Waals surface area contributed by atoms with Crippen LogP contribution in [0.25, 0.3) is 0 Å². The highest BCUT2D eigenvalue weighted by Crippen LogP contribution is 2.43. The monoisotopic (exact) mass is 412 g/mol. The largest absolute Gasteiger partial charge is 0.369 e. The molecule has 1 saturated carbocycles. The van der Waals surface area contributed by atoms with Gasteiger partial charge in [-0.2, -0.15) is 5.26 Å². The molecule has 0 radical (unpaired) electrons. The van der Waals surface area contributed by atoms with Gasteiger partial charge >= 0.3 is 6.03 Å². The summed E-state index contributed by atoms with van der Waals surface area (Å²) < 4.78 is 33.4.